The minimum atomic E-state index is -4.20. The Kier molecular flexibility index (Phi) is 4.30. The molecule has 116 valence electrons. The molecule has 2 aliphatic carbocycles. The van der Waals surface area contributed by atoms with Crippen molar-refractivity contribution in [2.24, 2.45) is 5.92 Å². The fourth-order valence-electron chi connectivity index (χ4n) is 2.59. The molecule has 2 N–H and O–H groups in total. The molecule has 0 radical (unpaired) electrons. The van der Waals surface area contributed by atoms with Gasteiger partial charge in [-0.05, 0) is 38.6 Å². The zero-order valence-corrected chi connectivity index (χ0v) is 11.5. The molecule has 0 spiro atoms. The monoisotopic (exact) mass is 294 g/mol. The molecule has 1 unspecified atom stereocenters. The van der Waals surface area contributed by atoms with E-state index in [2.05, 4.69) is 5.32 Å². The van der Waals surface area contributed by atoms with Gasteiger partial charge < -0.3 is 10.0 Å². The first-order valence-electron chi connectivity index (χ1n) is 6.99. The normalized spacial score (nSPS) is 22.9. The van der Waals surface area contributed by atoms with Gasteiger partial charge in [0, 0.05) is 19.1 Å². The summed E-state index contributed by atoms with van der Waals surface area (Å²) in [7, 11) is 1.56. The Labute approximate surface area is 116 Å². The maximum absolute atomic E-state index is 12.2. The van der Waals surface area contributed by atoms with Gasteiger partial charge in [-0.25, -0.2) is 0 Å². The van der Waals surface area contributed by atoms with E-state index in [9.17, 15) is 23.1 Å². The van der Waals surface area contributed by atoms with Crippen LogP contribution in [0.4, 0.5) is 13.2 Å². The number of halogens is 3. The molecule has 2 fully saturated rings. The smallest absolute Gasteiger partial charge is 0.390 e. The first kappa shape index (κ1) is 15.6. The Hall–Kier alpha value is -0.820. The molecule has 0 bridgehead atoms. The fraction of sp³-hybridized carbons (Fsp3) is 0.923. The van der Waals surface area contributed by atoms with Crippen molar-refractivity contribution in [1.82, 2.24) is 10.2 Å². The van der Waals surface area contributed by atoms with Crippen LogP contribution in [0.25, 0.3) is 0 Å². The largest absolute Gasteiger partial charge is 0.480 e. The molecule has 4 nitrogen and oxygen atoms in total. The first-order chi connectivity index (χ1) is 9.23. The summed E-state index contributed by atoms with van der Waals surface area (Å²) < 4.78 is 36.7. The number of aliphatic carboxylic acids is 1. The van der Waals surface area contributed by atoms with Crippen LogP contribution in [-0.4, -0.2) is 53.9 Å². The second-order valence-corrected chi connectivity index (χ2v) is 6.07. The van der Waals surface area contributed by atoms with Gasteiger partial charge in [0.15, 0.2) is 0 Å². The summed E-state index contributed by atoms with van der Waals surface area (Å²) in [4.78, 5) is 13.2. The minimum Gasteiger partial charge on any atom is -0.480 e. The van der Waals surface area contributed by atoms with Crippen molar-refractivity contribution in [2.75, 3.05) is 20.1 Å². The van der Waals surface area contributed by atoms with Crippen molar-refractivity contribution in [2.45, 2.75) is 49.9 Å². The highest BCUT2D eigenvalue weighted by Gasteiger charge is 2.53. The van der Waals surface area contributed by atoms with Crippen LogP contribution in [0.2, 0.25) is 0 Å². The van der Waals surface area contributed by atoms with Gasteiger partial charge in [-0.2, -0.15) is 13.2 Å². The lowest BCUT2D eigenvalue weighted by Gasteiger charge is -2.35. The zero-order valence-electron chi connectivity index (χ0n) is 11.5. The highest BCUT2D eigenvalue weighted by atomic mass is 19.4. The van der Waals surface area contributed by atoms with E-state index in [0.717, 1.165) is 25.7 Å². The van der Waals surface area contributed by atoms with Gasteiger partial charge in [0.2, 0.25) is 0 Å². The molecule has 7 heteroatoms. The standard InChI is InChI=1S/C13H21F3N2O2/c1-18(7-6-13(14,15)16)8-12(11(19)20,9-2-3-9)17-10-4-5-10/h9-10,17H,2-8H2,1H3,(H,19,20). The third kappa shape index (κ3) is 4.09. The van der Waals surface area contributed by atoms with Crippen molar-refractivity contribution in [3.63, 3.8) is 0 Å². The average Bonchev–Trinajstić information content (AvgIpc) is 3.16. The van der Waals surface area contributed by atoms with Gasteiger partial charge in [-0.1, -0.05) is 0 Å². The van der Waals surface area contributed by atoms with E-state index >= 15 is 0 Å². The number of nitrogens with one attached hydrogen (secondary N) is 1. The lowest BCUT2D eigenvalue weighted by Crippen LogP contribution is -2.61. The van der Waals surface area contributed by atoms with Crippen LogP contribution in [0.1, 0.15) is 32.1 Å². The molecule has 0 heterocycles. The number of nitrogens with zero attached hydrogens (tertiary/aromatic N) is 1. The summed E-state index contributed by atoms with van der Waals surface area (Å²) in [6, 6.07) is 0.211. The quantitative estimate of drug-likeness (QED) is 0.717. The number of hydrogen-bond donors (Lipinski definition) is 2. The van der Waals surface area contributed by atoms with Gasteiger partial charge in [0.1, 0.15) is 5.54 Å². The number of rotatable bonds is 8. The van der Waals surface area contributed by atoms with Crippen LogP contribution in [-0.2, 0) is 4.79 Å². The molecular formula is C13H21F3N2O2. The predicted octanol–water partition coefficient (Wildman–Crippen LogP) is 1.86. The fourth-order valence-corrected chi connectivity index (χ4v) is 2.59. The van der Waals surface area contributed by atoms with E-state index in [4.69, 9.17) is 0 Å². The number of carbonyl (C=O) groups is 1. The number of likely N-dealkylation sites (N-methyl/N-ethyl adjacent to an activating group) is 1. The Bertz CT molecular complexity index is 367. The minimum absolute atomic E-state index is 0.0361. The second kappa shape index (κ2) is 5.52. The number of alkyl halides is 3. The van der Waals surface area contributed by atoms with E-state index in [-0.39, 0.29) is 25.0 Å². The van der Waals surface area contributed by atoms with E-state index < -0.39 is 24.1 Å². The average molecular weight is 294 g/mol. The lowest BCUT2D eigenvalue weighted by molar-refractivity contribution is -0.148. The molecule has 2 aliphatic rings. The van der Waals surface area contributed by atoms with Gasteiger partial charge in [0.25, 0.3) is 0 Å². The summed E-state index contributed by atoms with van der Waals surface area (Å²) in [5.74, 6) is -0.903. The summed E-state index contributed by atoms with van der Waals surface area (Å²) in [6.45, 7) is -0.0445. The molecule has 0 aromatic heterocycles. The maximum Gasteiger partial charge on any atom is 0.390 e. The van der Waals surface area contributed by atoms with Crippen LogP contribution in [0.15, 0.2) is 0 Å². The number of carboxylic acid groups (broad SMARTS) is 1. The zero-order chi connectivity index (χ0) is 15.0. The van der Waals surface area contributed by atoms with Crippen LogP contribution < -0.4 is 5.32 Å². The number of hydrogen-bond acceptors (Lipinski definition) is 3. The number of carboxylic acids is 1. The molecule has 0 aliphatic heterocycles. The van der Waals surface area contributed by atoms with Crippen LogP contribution in [0.5, 0.6) is 0 Å². The molecule has 2 rings (SSSR count). The first-order valence-corrected chi connectivity index (χ1v) is 6.99. The van der Waals surface area contributed by atoms with E-state index in [1.165, 1.54) is 4.90 Å². The maximum atomic E-state index is 12.2. The van der Waals surface area contributed by atoms with E-state index in [0.29, 0.717) is 0 Å². The van der Waals surface area contributed by atoms with Crippen molar-refractivity contribution < 1.29 is 23.1 Å². The molecular weight excluding hydrogens is 273 g/mol. The van der Waals surface area contributed by atoms with E-state index in [1.807, 2.05) is 0 Å². The third-order valence-corrected chi connectivity index (χ3v) is 3.99. The SMILES string of the molecule is CN(CCC(F)(F)F)CC(NC1CC1)(C(=O)O)C1CC1. The molecule has 20 heavy (non-hydrogen) atoms. The van der Waals surface area contributed by atoms with Crippen LogP contribution in [0.3, 0.4) is 0 Å². The second-order valence-electron chi connectivity index (χ2n) is 6.07. The molecule has 0 aromatic rings. The van der Waals surface area contributed by atoms with Gasteiger partial charge in [-0.3, -0.25) is 10.1 Å². The lowest BCUT2D eigenvalue weighted by atomic mass is 9.92. The Morgan fingerprint density at radius 2 is 1.90 bits per heavy atom. The summed E-state index contributed by atoms with van der Waals surface area (Å²) in [5, 5.41) is 12.7. The van der Waals surface area contributed by atoms with Crippen LogP contribution in [0, 0.1) is 5.92 Å². The van der Waals surface area contributed by atoms with Gasteiger partial charge in [-0.15, -0.1) is 0 Å². The highest BCUT2D eigenvalue weighted by Crippen LogP contribution is 2.42. The van der Waals surface area contributed by atoms with Gasteiger partial charge in [0.05, 0.1) is 6.42 Å². The van der Waals surface area contributed by atoms with E-state index in [1.54, 1.807) is 7.05 Å². The van der Waals surface area contributed by atoms with Crippen molar-refractivity contribution >= 4 is 5.97 Å². The predicted molar refractivity (Wildman–Crippen MR) is 67.4 cm³/mol. The topological polar surface area (TPSA) is 52.6 Å². The molecule has 0 amide bonds. The molecule has 0 saturated heterocycles. The molecule has 0 aromatic carbocycles. The summed E-state index contributed by atoms with van der Waals surface area (Å²) in [6.07, 6.45) is -1.54. The van der Waals surface area contributed by atoms with Gasteiger partial charge >= 0.3 is 12.1 Å². The molecule has 1 atom stereocenters. The van der Waals surface area contributed by atoms with Crippen molar-refractivity contribution in [3.05, 3.63) is 0 Å². The van der Waals surface area contributed by atoms with Crippen molar-refractivity contribution in [1.29, 1.82) is 0 Å². The Morgan fingerprint density at radius 1 is 1.30 bits per heavy atom. The Balaban J connectivity index is 1.97. The van der Waals surface area contributed by atoms with Crippen LogP contribution >= 0.6 is 0 Å². The summed E-state index contributed by atoms with van der Waals surface area (Å²) >= 11 is 0. The summed E-state index contributed by atoms with van der Waals surface area (Å²) in [5.41, 5.74) is -1.08. The third-order valence-electron chi connectivity index (χ3n) is 3.99. The highest BCUT2D eigenvalue weighted by molar-refractivity contribution is 5.80. The molecule has 2 saturated carbocycles. The Morgan fingerprint density at radius 3 is 2.30 bits per heavy atom. The van der Waals surface area contributed by atoms with Crippen molar-refractivity contribution in [3.8, 4) is 0 Å².